The number of halogens is 4. The number of thioether (sulfide) groups is 1. The Morgan fingerprint density at radius 1 is 1.12 bits per heavy atom. The van der Waals surface area contributed by atoms with Gasteiger partial charge in [-0.1, -0.05) is 45.1 Å². The first-order valence-electron chi connectivity index (χ1n) is 11.7. The third kappa shape index (κ3) is 5.76. The van der Waals surface area contributed by atoms with Crippen molar-refractivity contribution in [2.45, 2.75) is 22.4 Å². The van der Waals surface area contributed by atoms with Gasteiger partial charge >= 0.3 is 17.0 Å². The van der Waals surface area contributed by atoms with Gasteiger partial charge in [0.1, 0.15) is 17.5 Å². The van der Waals surface area contributed by atoms with Crippen molar-refractivity contribution in [1.82, 2.24) is 9.88 Å². The summed E-state index contributed by atoms with van der Waals surface area (Å²) in [6.45, 7) is -1.44. The number of anilines is 1. The number of nitrogens with one attached hydrogen (secondary N) is 2. The first-order chi connectivity index (χ1) is 19.3. The maximum Gasteiger partial charge on any atom is 0.416 e. The van der Waals surface area contributed by atoms with Crippen LogP contribution in [0, 0.1) is 5.92 Å². The number of carboxylic acids is 1. The third-order valence-corrected chi connectivity index (χ3v) is 9.24. The molecule has 3 aromatic rings. The van der Waals surface area contributed by atoms with Crippen LogP contribution < -0.4 is 14.9 Å². The summed E-state index contributed by atoms with van der Waals surface area (Å²) in [5, 5.41) is 10.9. The number of likely N-dealkylation sites (tertiary alicyclic amines) is 1. The molecule has 0 aliphatic carbocycles. The van der Waals surface area contributed by atoms with Gasteiger partial charge in [0.2, 0.25) is 11.8 Å². The average Bonchev–Trinajstić information content (AvgIpc) is 3.38. The molecule has 16 heteroatoms. The highest BCUT2D eigenvalue weighted by Crippen LogP contribution is 2.54. The van der Waals surface area contributed by atoms with Crippen molar-refractivity contribution >= 4 is 68.4 Å². The standard InChI is InChI=1S/C25H17BrF3N3O7S2/c26-11-4-5-14(39-9-15(33)30-12-3-1-2-10(6-12)25(27,28)29)13(7-11)17-18-20(40-21-19(17)41-24(38)31-21)23(37)32(22(18)36)8-16(34)35/h1-7,17-18,20H,8-9H2,(H,30,33)(H,31,38)(H,34,35)/t17-,18?,20?/m0/s1. The summed E-state index contributed by atoms with van der Waals surface area (Å²) in [6.07, 6.45) is -4.60. The molecule has 0 saturated carbocycles. The van der Waals surface area contributed by atoms with Gasteiger partial charge in [0.25, 0.3) is 5.91 Å². The smallest absolute Gasteiger partial charge is 0.416 e. The molecule has 0 bridgehead atoms. The van der Waals surface area contributed by atoms with E-state index in [1.807, 2.05) is 0 Å². The Labute approximate surface area is 245 Å². The average molecular weight is 672 g/mol. The monoisotopic (exact) mass is 671 g/mol. The second-order valence-corrected chi connectivity index (χ2v) is 12.1. The van der Waals surface area contributed by atoms with E-state index in [0.29, 0.717) is 24.8 Å². The number of hydrogen-bond acceptors (Lipinski definition) is 8. The molecule has 1 fully saturated rings. The Morgan fingerprint density at radius 2 is 1.88 bits per heavy atom. The number of benzene rings is 2. The van der Waals surface area contributed by atoms with E-state index in [4.69, 9.17) is 4.74 Å². The number of fused-ring (bicyclic) bond motifs is 2. The molecule has 3 atom stereocenters. The zero-order valence-electron chi connectivity index (χ0n) is 20.4. The van der Waals surface area contributed by atoms with E-state index < -0.39 is 70.5 Å². The SMILES string of the molecule is O=C(O)CN1C(=O)C2Sc3[nH]c(=O)sc3[C@@H](c3cc(Br)ccc3OCC(=O)Nc3cccc(C(F)(F)F)c3)C2C1=O. The fraction of sp³-hybridized carbons (Fsp3) is 0.240. The van der Waals surface area contributed by atoms with Gasteiger partial charge in [0, 0.05) is 26.5 Å². The molecule has 2 aliphatic heterocycles. The van der Waals surface area contributed by atoms with Crippen LogP contribution in [0.3, 0.4) is 0 Å². The number of carboxylic acid groups (broad SMARTS) is 1. The lowest BCUT2D eigenvalue weighted by Gasteiger charge is -2.31. The first-order valence-corrected chi connectivity index (χ1v) is 14.2. The minimum atomic E-state index is -4.60. The predicted molar refractivity (Wildman–Crippen MR) is 144 cm³/mol. The molecule has 5 rings (SSSR count). The molecule has 0 spiro atoms. The molecule has 2 unspecified atom stereocenters. The number of ether oxygens (including phenoxy) is 1. The van der Waals surface area contributed by atoms with Crippen LogP contribution >= 0.6 is 39.0 Å². The number of aromatic amines is 1. The molecule has 2 aliphatic rings. The highest BCUT2D eigenvalue weighted by atomic mass is 79.9. The normalized spacial score (nSPS) is 20.0. The number of nitrogens with zero attached hydrogens (tertiary/aromatic N) is 1. The van der Waals surface area contributed by atoms with Gasteiger partial charge in [0.05, 0.1) is 16.5 Å². The summed E-state index contributed by atoms with van der Waals surface area (Å²) in [5.41, 5.74) is -0.687. The Balaban J connectivity index is 1.46. The maximum atomic E-state index is 13.4. The van der Waals surface area contributed by atoms with Crippen molar-refractivity contribution in [3.05, 3.63) is 72.6 Å². The van der Waals surface area contributed by atoms with Crippen LogP contribution in [0.5, 0.6) is 5.75 Å². The molecule has 214 valence electrons. The molecule has 0 radical (unpaired) electrons. The Bertz CT molecular complexity index is 1640. The van der Waals surface area contributed by atoms with E-state index in [1.54, 1.807) is 12.1 Å². The minimum Gasteiger partial charge on any atom is -0.483 e. The molecule has 41 heavy (non-hydrogen) atoms. The van der Waals surface area contributed by atoms with Crippen molar-refractivity contribution < 1.29 is 42.2 Å². The van der Waals surface area contributed by atoms with Crippen LogP contribution in [0.4, 0.5) is 18.9 Å². The molecule has 3 N–H and O–H groups in total. The van der Waals surface area contributed by atoms with Crippen molar-refractivity contribution in [3.63, 3.8) is 0 Å². The largest absolute Gasteiger partial charge is 0.483 e. The number of alkyl halides is 3. The van der Waals surface area contributed by atoms with Crippen molar-refractivity contribution in [1.29, 1.82) is 0 Å². The van der Waals surface area contributed by atoms with Gasteiger partial charge in [-0.05, 0) is 36.4 Å². The van der Waals surface area contributed by atoms with Crippen LogP contribution in [-0.2, 0) is 25.4 Å². The van der Waals surface area contributed by atoms with E-state index in [2.05, 4.69) is 26.2 Å². The summed E-state index contributed by atoms with van der Waals surface area (Å²) in [4.78, 5) is 66.0. The number of aromatic nitrogens is 1. The number of rotatable bonds is 7. The Hall–Kier alpha value is -3.63. The molecule has 1 aromatic heterocycles. The van der Waals surface area contributed by atoms with Gasteiger partial charge in [-0.15, -0.1) is 0 Å². The molecule has 3 amide bonds. The van der Waals surface area contributed by atoms with E-state index in [1.165, 1.54) is 12.1 Å². The molecule has 3 heterocycles. The summed E-state index contributed by atoms with van der Waals surface area (Å²) >= 11 is 5.17. The van der Waals surface area contributed by atoms with Crippen molar-refractivity contribution in [2.24, 2.45) is 5.92 Å². The summed E-state index contributed by atoms with van der Waals surface area (Å²) in [7, 11) is 0. The number of aliphatic carboxylic acids is 1. The Morgan fingerprint density at radius 3 is 2.59 bits per heavy atom. The molecule has 2 aromatic carbocycles. The predicted octanol–water partition coefficient (Wildman–Crippen LogP) is 3.91. The highest BCUT2D eigenvalue weighted by molar-refractivity contribution is 9.10. The fourth-order valence-electron chi connectivity index (χ4n) is 4.71. The number of carbonyl (C=O) groups is 4. The Kier molecular flexibility index (Phi) is 7.74. The maximum absolute atomic E-state index is 13.4. The third-order valence-electron chi connectivity index (χ3n) is 6.35. The zero-order chi connectivity index (χ0) is 29.6. The quantitative estimate of drug-likeness (QED) is 0.321. The minimum absolute atomic E-state index is 0.0908. The van der Waals surface area contributed by atoms with Gasteiger partial charge in [-0.25, -0.2) is 0 Å². The van der Waals surface area contributed by atoms with Gasteiger partial charge < -0.3 is 20.1 Å². The lowest BCUT2D eigenvalue weighted by Crippen LogP contribution is -2.36. The van der Waals surface area contributed by atoms with Crippen LogP contribution in [0.1, 0.15) is 21.9 Å². The van der Waals surface area contributed by atoms with Gasteiger partial charge in [-0.2, -0.15) is 13.2 Å². The van der Waals surface area contributed by atoms with Crippen molar-refractivity contribution in [3.8, 4) is 5.75 Å². The van der Waals surface area contributed by atoms with E-state index in [9.17, 15) is 42.3 Å². The molecule has 10 nitrogen and oxygen atoms in total. The topological polar surface area (TPSA) is 146 Å². The first kappa shape index (κ1) is 28.9. The number of amides is 3. The molecular formula is C25H17BrF3N3O7S2. The van der Waals surface area contributed by atoms with E-state index in [0.717, 1.165) is 41.3 Å². The lowest BCUT2D eigenvalue weighted by atomic mass is 9.82. The number of imide groups is 1. The number of H-pyrrole nitrogens is 1. The lowest BCUT2D eigenvalue weighted by molar-refractivity contribution is -0.149. The summed E-state index contributed by atoms with van der Waals surface area (Å²) < 4.78 is 45.4. The van der Waals surface area contributed by atoms with Crippen LogP contribution in [-0.4, -0.2) is 57.1 Å². The van der Waals surface area contributed by atoms with Crippen LogP contribution in [0.15, 0.2) is 56.8 Å². The fourth-order valence-corrected chi connectivity index (χ4v) is 7.61. The molecule has 1 saturated heterocycles. The molecular weight excluding hydrogens is 655 g/mol. The second-order valence-electron chi connectivity index (χ2n) is 9.00. The number of thiazole rings is 1. The zero-order valence-corrected chi connectivity index (χ0v) is 23.6. The van der Waals surface area contributed by atoms with E-state index in [-0.39, 0.29) is 11.4 Å². The summed E-state index contributed by atoms with van der Waals surface area (Å²) in [5.74, 6) is -5.41. The summed E-state index contributed by atoms with van der Waals surface area (Å²) in [6, 6.07) is 8.78. The number of hydrogen-bond donors (Lipinski definition) is 3. The second kappa shape index (κ2) is 11.0. The van der Waals surface area contributed by atoms with Crippen LogP contribution in [0.2, 0.25) is 0 Å². The number of carbonyl (C=O) groups excluding carboxylic acids is 3. The highest BCUT2D eigenvalue weighted by Gasteiger charge is 2.56. The van der Waals surface area contributed by atoms with Crippen molar-refractivity contribution in [2.75, 3.05) is 18.5 Å². The van der Waals surface area contributed by atoms with Gasteiger partial charge in [0.15, 0.2) is 6.61 Å². The van der Waals surface area contributed by atoms with Crippen LogP contribution in [0.25, 0.3) is 0 Å². The van der Waals surface area contributed by atoms with Gasteiger partial charge in [-0.3, -0.25) is 28.9 Å². The van der Waals surface area contributed by atoms with E-state index >= 15 is 0 Å².